The van der Waals surface area contributed by atoms with E-state index in [1.165, 1.54) is 0 Å². The van der Waals surface area contributed by atoms with Gasteiger partial charge in [0, 0.05) is 18.5 Å². The van der Waals surface area contributed by atoms with Gasteiger partial charge in [0.2, 0.25) is 0 Å². The van der Waals surface area contributed by atoms with E-state index in [1.54, 1.807) is 6.92 Å². The van der Waals surface area contributed by atoms with E-state index in [2.05, 4.69) is 6.58 Å². The van der Waals surface area contributed by atoms with Gasteiger partial charge in [-0.15, -0.1) is 0 Å². The van der Waals surface area contributed by atoms with Crippen molar-refractivity contribution in [3.8, 4) is 0 Å². The summed E-state index contributed by atoms with van der Waals surface area (Å²) in [6.07, 6.45) is -1.02. The quantitative estimate of drug-likeness (QED) is 0.547. The highest BCUT2D eigenvalue weighted by atomic mass is 16.3. The number of hydrogen-bond acceptors (Lipinski definition) is 3. The molecule has 0 saturated carbocycles. The highest BCUT2D eigenvalue weighted by Crippen LogP contribution is 2.13. The molecule has 1 aliphatic rings. The summed E-state index contributed by atoms with van der Waals surface area (Å²) in [4.78, 5) is 23.2. The Bertz CT molecular complexity index is 247. The normalized spacial score (nSPS) is 23.0. The Labute approximate surface area is 70.5 Å². The minimum Gasteiger partial charge on any atom is -0.367 e. The first-order valence-corrected chi connectivity index (χ1v) is 3.71. The number of rotatable bonds is 1. The number of carbonyl (C=O) groups excluding carboxylic acids is 2. The van der Waals surface area contributed by atoms with Crippen LogP contribution in [0.5, 0.6) is 0 Å². The Morgan fingerprint density at radius 3 is 2.67 bits per heavy atom. The fraction of sp³-hybridized carbons (Fsp3) is 0.500. The van der Waals surface area contributed by atoms with Crippen LogP contribution in [0.4, 0.5) is 0 Å². The number of aliphatic hydroxyl groups is 1. The molecule has 1 saturated heterocycles. The van der Waals surface area contributed by atoms with E-state index in [0.29, 0.717) is 12.1 Å². The van der Waals surface area contributed by atoms with Crippen LogP contribution in [0.3, 0.4) is 0 Å². The monoisotopic (exact) mass is 169 g/mol. The van der Waals surface area contributed by atoms with Gasteiger partial charge in [0.25, 0.3) is 5.91 Å². The molecule has 0 spiro atoms. The van der Waals surface area contributed by atoms with Crippen molar-refractivity contribution in [2.24, 2.45) is 0 Å². The van der Waals surface area contributed by atoms with E-state index in [-0.39, 0.29) is 18.1 Å². The van der Waals surface area contributed by atoms with E-state index in [4.69, 9.17) is 0 Å². The Kier molecular flexibility index (Phi) is 2.28. The van der Waals surface area contributed by atoms with Crippen molar-refractivity contribution in [1.82, 2.24) is 4.90 Å². The first kappa shape index (κ1) is 8.93. The standard InChI is InChI=1S/C8H11NO3/c1-5(2)7(11)9-4-3-6(10)8(9)12/h8,12H,1,3-4H2,2H3. The van der Waals surface area contributed by atoms with Gasteiger partial charge in [-0.1, -0.05) is 6.58 Å². The number of nitrogens with zero attached hydrogens (tertiary/aromatic N) is 1. The first-order valence-electron chi connectivity index (χ1n) is 3.71. The number of hydrogen-bond donors (Lipinski definition) is 1. The Morgan fingerprint density at radius 1 is 1.75 bits per heavy atom. The van der Waals surface area contributed by atoms with Crippen LogP contribution in [0.2, 0.25) is 0 Å². The average Bonchev–Trinajstić information content (AvgIpc) is 2.32. The van der Waals surface area contributed by atoms with Crippen LogP contribution in [0.1, 0.15) is 13.3 Å². The molecule has 0 aliphatic carbocycles. The Balaban J connectivity index is 2.72. The van der Waals surface area contributed by atoms with Gasteiger partial charge in [0.05, 0.1) is 0 Å². The molecule has 1 aliphatic heterocycles. The fourth-order valence-corrected chi connectivity index (χ4v) is 1.11. The van der Waals surface area contributed by atoms with Crippen LogP contribution in [0.15, 0.2) is 12.2 Å². The zero-order valence-corrected chi connectivity index (χ0v) is 6.91. The van der Waals surface area contributed by atoms with Crippen LogP contribution >= 0.6 is 0 Å². The molecule has 1 rings (SSSR count). The molecule has 12 heavy (non-hydrogen) atoms. The van der Waals surface area contributed by atoms with Gasteiger partial charge in [0.1, 0.15) is 0 Å². The van der Waals surface area contributed by atoms with Crippen molar-refractivity contribution >= 4 is 11.7 Å². The van der Waals surface area contributed by atoms with Gasteiger partial charge in [-0.2, -0.15) is 0 Å². The van der Waals surface area contributed by atoms with Gasteiger partial charge in [-0.05, 0) is 6.92 Å². The van der Waals surface area contributed by atoms with Crippen molar-refractivity contribution in [3.63, 3.8) is 0 Å². The zero-order valence-electron chi connectivity index (χ0n) is 6.91. The second kappa shape index (κ2) is 3.06. The maximum Gasteiger partial charge on any atom is 0.251 e. The van der Waals surface area contributed by atoms with E-state index >= 15 is 0 Å². The van der Waals surface area contributed by atoms with Crippen LogP contribution in [0, 0.1) is 0 Å². The maximum absolute atomic E-state index is 11.2. The number of amides is 1. The van der Waals surface area contributed by atoms with E-state index in [9.17, 15) is 14.7 Å². The van der Waals surface area contributed by atoms with Gasteiger partial charge < -0.3 is 10.0 Å². The molecule has 0 radical (unpaired) electrons. The van der Waals surface area contributed by atoms with Crippen molar-refractivity contribution in [3.05, 3.63) is 12.2 Å². The molecular formula is C8H11NO3. The third-order valence-electron chi connectivity index (χ3n) is 1.81. The second-order valence-corrected chi connectivity index (χ2v) is 2.87. The van der Waals surface area contributed by atoms with Gasteiger partial charge in [-0.25, -0.2) is 0 Å². The topological polar surface area (TPSA) is 57.6 Å². The molecule has 1 heterocycles. The summed E-state index contributed by atoms with van der Waals surface area (Å²) >= 11 is 0. The minimum atomic E-state index is -1.26. The smallest absolute Gasteiger partial charge is 0.251 e. The summed E-state index contributed by atoms with van der Waals surface area (Å²) in [5.74, 6) is -0.655. The van der Waals surface area contributed by atoms with Gasteiger partial charge in [-0.3, -0.25) is 9.59 Å². The number of Topliss-reactive ketones (excluding diaryl/α,β-unsaturated/α-hetero) is 1. The van der Waals surface area contributed by atoms with Crippen molar-refractivity contribution in [1.29, 1.82) is 0 Å². The van der Waals surface area contributed by atoms with Crippen LogP contribution in [0.25, 0.3) is 0 Å². The first-order chi connectivity index (χ1) is 5.54. The summed E-state index contributed by atoms with van der Waals surface area (Å²) in [5, 5.41) is 9.19. The lowest BCUT2D eigenvalue weighted by molar-refractivity contribution is -0.141. The lowest BCUT2D eigenvalue weighted by atomic mass is 10.3. The molecule has 0 aromatic rings. The number of aliphatic hydroxyl groups excluding tert-OH is 1. The molecule has 1 fully saturated rings. The summed E-state index contributed by atoms with van der Waals surface area (Å²) in [5.41, 5.74) is 0.337. The zero-order chi connectivity index (χ0) is 9.30. The number of carbonyl (C=O) groups is 2. The van der Waals surface area contributed by atoms with E-state index in [0.717, 1.165) is 4.90 Å². The average molecular weight is 169 g/mol. The molecular weight excluding hydrogens is 158 g/mol. The lowest BCUT2D eigenvalue weighted by Gasteiger charge is -2.18. The summed E-state index contributed by atoms with van der Waals surface area (Å²) in [6.45, 7) is 5.30. The third kappa shape index (κ3) is 1.38. The molecule has 1 N–H and O–H groups in total. The van der Waals surface area contributed by atoms with Gasteiger partial charge in [0.15, 0.2) is 12.0 Å². The highest BCUT2D eigenvalue weighted by molar-refractivity contribution is 5.98. The maximum atomic E-state index is 11.2. The molecule has 1 unspecified atom stereocenters. The molecule has 0 bridgehead atoms. The summed E-state index contributed by atoms with van der Waals surface area (Å²) in [6, 6.07) is 0. The molecule has 1 amide bonds. The van der Waals surface area contributed by atoms with E-state index in [1.807, 2.05) is 0 Å². The Morgan fingerprint density at radius 2 is 2.33 bits per heavy atom. The third-order valence-corrected chi connectivity index (χ3v) is 1.81. The predicted octanol–water partition coefficient (Wildman–Crippen LogP) is -0.318. The predicted molar refractivity (Wildman–Crippen MR) is 42.2 cm³/mol. The molecule has 4 nitrogen and oxygen atoms in total. The second-order valence-electron chi connectivity index (χ2n) is 2.87. The molecule has 4 heteroatoms. The number of ketones is 1. The van der Waals surface area contributed by atoms with Crippen molar-refractivity contribution in [2.75, 3.05) is 6.54 Å². The van der Waals surface area contributed by atoms with Crippen LogP contribution in [-0.4, -0.2) is 34.5 Å². The summed E-state index contributed by atoms with van der Waals surface area (Å²) < 4.78 is 0. The lowest BCUT2D eigenvalue weighted by Crippen LogP contribution is -2.38. The Hall–Kier alpha value is -1.16. The van der Waals surface area contributed by atoms with Crippen LogP contribution < -0.4 is 0 Å². The van der Waals surface area contributed by atoms with Crippen molar-refractivity contribution in [2.45, 2.75) is 19.6 Å². The fourth-order valence-electron chi connectivity index (χ4n) is 1.11. The largest absolute Gasteiger partial charge is 0.367 e. The van der Waals surface area contributed by atoms with Gasteiger partial charge >= 0.3 is 0 Å². The molecule has 66 valence electrons. The molecule has 1 atom stereocenters. The summed E-state index contributed by atoms with van der Waals surface area (Å²) in [7, 11) is 0. The van der Waals surface area contributed by atoms with Crippen LogP contribution in [-0.2, 0) is 9.59 Å². The highest BCUT2D eigenvalue weighted by Gasteiger charge is 2.33. The molecule has 0 aromatic heterocycles. The van der Waals surface area contributed by atoms with E-state index < -0.39 is 6.23 Å². The number of likely N-dealkylation sites (tertiary alicyclic amines) is 1. The molecule has 0 aromatic carbocycles. The van der Waals surface area contributed by atoms with Crippen molar-refractivity contribution < 1.29 is 14.7 Å². The minimum absolute atomic E-state index is 0.236. The SMILES string of the molecule is C=C(C)C(=O)N1CCC(=O)C1O.